The number of carbonyl (C=O) groups is 1. The number of hydrogen-bond donors (Lipinski definition) is 1. The van der Waals surface area contributed by atoms with E-state index in [1.165, 1.54) is 5.56 Å². The predicted octanol–water partition coefficient (Wildman–Crippen LogP) is 2.11. The summed E-state index contributed by atoms with van der Waals surface area (Å²) in [6.45, 7) is 1.16. The molecule has 0 aromatic heterocycles. The van der Waals surface area contributed by atoms with Crippen molar-refractivity contribution >= 4 is 11.6 Å². The van der Waals surface area contributed by atoms with Gasteiger partial charge in [0.05, 0.1) is 0 Å². The lowest BCUT2D eigenvalue weighted by atomic mass is 10.2. The molecule has 2 aromatic carbocycles. The summed E-state index contributed by atoms with van der Waals surface area (Å²) in [6, 6.07) is 15.5. The number of hydrogen-bond acceptors (Lipinski definition) is 3. The molecule has 0 spiro atoms. The first-order chi connectivity index (χ1) is 10.3. The molecule has 4 nitrogen and oxygen atoms in total. The normalized spacial score (nSPS) is 13.1. The molecule has 4 heteroatoms. The quantitative estimate of drug-likeness (QED) is 0.934. The van der Waals surface area contributed by atoms with Crippen LogP contribution in [0.25, 0.3) is 0 Å². The van der Waals surface area contributed by atoms with E-state index in [0.29, 0.717) is 12.3 Å². The summed E-state index contributed by atoms with van der Waals surface area (Å²) in [5.41, 5.74) is 8.79. The van der Waals surface area contributed by atoms with E-state index >= 15 is 0 Å². The lowest BCUT2D eigenvalue weighted by Crippen LogP contribution is -2.33. The average Bonchev–Trinajstić information content (AvgIpc) is 2.97. The zero-order valence-electron chi connectivity index (χ0n) is 11.8. The average molecular weight is 282 g/mol. The Bertz CT molecular complexity index is 655. The first kappa shape index (κ1) is 13.6. The molecule has 1 aliphatic rings. The van der Waals surface area contributed by atoms with Crippen LogP contribution < -0.4 is 15.4 Å². The Hall–Kier alpha value is -2.33. The van der Waals surface area contributed by atoms with Crippen LogP contribution in [0.15, 0.2) is 48.5 Å². The number of carbonyl (C=O) groups excluding carboxylic acids is 1. The van der Waals surface area contributed by atoms with Gasteiger partial charge in [0.1, 0.15) is 5.75 Å². The minimum Gasteiger partial charge on any atom is -0.483 e. The van der Waals surface area contributed by atoms with E-state index in [1.807, 2.05) is 42.5 Å². The summed E-state index contributed by atoms with van der Waals surface area (Å²) in [5.74, 6) is 0.660. The molecule has 0 aliphatic carbocycles. The number of amides is 1. The van der Waals surface area contributed by atoms with Crippen LogP contribution in [0.1, 0.15) is 11.1 Å². The van der Waals surface area contributed by atoms with Gasteiger partial charge in [-0.15, -0.1) is 0 Å². The van der Waals surface area contributed by atoms with Gasteiger partial charge >= 0.3 is 0 Å². The molecular formula is C17H18N2O2. The SMILES string of the molecule is NCc1ccccc1OCC(=O)N1CCc2ccccc21. The third-order valence-corrected chi connectivity index (χ3v) is 3.73. The standard InChI is InChI=1S/C17H18N2O2/c18-11-14-6-2-4-8-16(14)21-12-17(20)19-10-9-13-5-1-3-7-15(13)19/h1-8H,9-12,18H2. The molecule has 0 saturated carbocycles. The number of ether oxygens (including phenoxy) is 1. The van der Waals surface area contributed by atoms with Crippen LogP contribution >= 0.6 is 0 Å². The van der Waals surface area contributed by atoms with E-state index in [-0.39, 0.29) is 12.5 Å². The smallest absolute Gasteiger partial charge is 0.264 e. The Morgan fingerprint density at radius 2 is 1.90 bits per heavy atom. The molecule has 2 N–H and O–H groups in total. The Morgan fingerprint density at radius 3 is 2.76 bits per heavy atom. The summed E-state index contributed by atoms with van der Waals surface area (Å²) in [6.07, 6.45) is 0.904. The van der Waals surface area contributed by atoms with E-state index < -0.39 is 0 Å². The molecule has 108 valence electrons. The minimum atomic E-state index is -0.0215. The molecule has 0 bridgehead atoms. The van der Waals surface area contributed by atoms with Gasteiger partial charge in [-0.05, 0) is 24.1 Å². The van der Waals surface area contributed by atoms with Gasteiger partial charge in [0, 0.05) is 24.3 Å². The second-order valence-corrected chi connectivity index (χ2v) is 5.02. The first-order valence-electron chi connectivity index (χ1n) is 7.08. The summed E-state index contributed by atoms with van der Waals surface area (Å²) in [4.78, 5) is 14.1. The minimum absolute atomic E-state index is 0.0215. The molecule has 0 radical (unpaired) electrons. The highest BCUT2D eigenvalue weighted by atomic mass is 16.5. The summed E-state index contributed by atoms with van der Waals surface area (Å²) < 4.78 is 5.65. The van der Waals surface area contributed by atoms with Gasteiger partial charge in [0.2, 0.25) is 0 Å². The number of para-hydroxylation sites is 2. The number of anilines is 1. The monoisotopic (exact) mass is 282 g/mol. The lowest BCUT2D eigenvalue weighted by Gasteiger charge is -2.18. The molecule has 0 fully saturated rings. The third-order valence-electron chi connectivity index (χ3n) is 3.73. The highest BCUT2D eigenvalue weighted by Gasteiger charge is 2.24. The molecule has 1 heterocycles. The third kappa shape index (κ3) is 2.76. The van der Waals surface area contributed by atoms with Gasteiger partial charge in [0.15, 0.2) is 6.61 Å². The van der Waals surface area contributed by atoms with Gasteiger partial charge in [-0.3, -0.25) is 4.79 Å². The Kier molecular flexibility index (Phi) is 3.88. The molecule has 0 atom stereocenters. The van der Waals surface area contributed by atoms with Crippen LogP contribution in [0.4, 0.5) is 5.69 Å². The fraction of sp³-hybridized carbons (Fsp3) is 0.235. The maximum atomic E-state index is 12.4. The predicted molar refractivity (Wildman–Crippen MR) is 82.3 cm³/mol. The van der Waals surface area contributed by atoms with Gasteiger partial charge in [-0.25, -0.2) is 0 Å². The Balaban J connectivity index is 1.68. The van der Waals surface area contributed by atoms with Crippen molar-refractivity contribution in [1.82, 2.24) is 0 Å². The fourth-order valence-electron chi connectivity index (χ4n) is 2.63. The Morgan fingerprint density at radius 1 is 1.14 bits per heavy atom. The first-order valence-corrected chi connectivity index (χ1v) is 7.08. The summed E-state index contributed by atoms with van der Waals surface area (Å²) in [7, 11) is 0. The Labute approximate surface area is 124 Å². The molecule has 0 unspecified atom stereocenters. The number of benzene rings is 2. The van der Waals surface area contributed by atoms with E-state index in [9.17, 15) is 4.79 Å². The number of nitrogens with two attached hydrogens (primary N) is 1. The maximum Gasteiger partial charge on any atom is 0.264 e. The zero-order valence-corrected chi connectivity index (χ0v) is 11.8. The van der Waals surface area contributed by atoms with Gasteiger partial charge in [0.25, 0.3) is 5.91 Å². The number of fused-ring (bicyclic) bond motifs is 1. The van der Waals surface area contributed by atoms with Gasteiger partial charge in [-0.2, -0.15) is 0 Å². The zero-order chi connectivity index (χ0) is 14.7. The second kappa shape index (κ2) is 5.97. The fourth-order valence-corrected chi connectivity index (χ4v) is 2.63. The molecular weight excluding hydrogens is 264 g/mol. The number of nitrogens with zero attached hydrogens (tertiary/aromatic N) is 1. The molecule has 1 aliphatic heterocycles. The molecule has 2 aromatic rings. The number of rotatable bonds is 4. The summed E-state index contributed by atoms with van der Waals surface area (Å²) >= 11 is 0. The van der Waals surface area contributed by atoms with Crippen molar-refractivity contribution < 1.29 is 9.53 Å². The molecule has 0 saturated heterocycles. The van der Waals surface area contributed by atoms with Gasteiger partial charge < -0.3 is 15.4 Å². The van der Waals surface area contributed by atoms with Crippen molar-refractivity contribution in [1.29, 1.82) is 0 Å². The van der Waals surface area contributed by atoms with E-state index in [1.54, 1.807) is 4.90 Å². The largest absolute Gasteiger partial charge is 0.483 e. The molecule has 21 heavy (non-hydrogen) atoms. The van der Waals surface area contributed by atoms with Crippen molar-refractivity contribution in [3.05, 3.63) is 59.7 Å². The second-order valence-electron chi connectivity index (χ2n) is 5.02. The van der Waals surface area contributed by atoms with Crippen molar-refractivity contribution in [2.45, 2.75) is 13.0 Å². The van der Waals surface area contributed by atoms with Crippen LogP contribution in [0, 0.1) is 0 Å². The lowest BCUT2D eigenvalue weighted by molar-refractivity contribution is -0.120. The van der Waals surface area contributed by atoms with Crippen LogP contribution in [0.2, 0.25) is 0 Å². The van der Waals surface area contributed by atoms with Crippen molar-refractivity contribution in [3.63, 3.8) is 0 Å². The summed E-state index contributed by atoms with van der Waals surface area (Å²) in [5, 5.41) is 0. The molecule has 3 rings (SSSR count). The van der Waals surface area contributed by atoms with Crippen molar-refractivity contribution in [2.75, 3.05) is 18.1 Å². The van der Waals surface area contributed by atoms with Crippen molar-refractivity contribution in [3.8, 4) is 5.75 Å². The van der Waals surface area contributed by atoms with Crippen molar-refractivity contribution in [2.24, 2.45) is 5.73 Å². The van der Waals surface area contributed by atoms with E-state index in [4.69, 9.17) is 10.5 Å². The van der Waals surface area contributed by atoms with Gasteiger partial charge in [-0.1, -0.05) is 36.4 Å². The van der Waals surface area contributed by atoms with Crippen LogP contribution in [-0.2, 0) is 17.8 Å². The van der Waals surface area contributed by atoms with E-state index in [2.05, 4.69) is 6.07 Å². The highest BCUT2D eigenvalue weighted by molar-refractivity contribution is 5.96. The topological polar surface area (TPSA) is 55.6 Å². The van der Waals surface area contributed by atoms with Crippen LogP contribution in [-0.4, -0.2) is 19.1 Å². The van der Waals surface area contributed by atoms with E-state index in [0.717, 1.165) is 24.2 Å². The maximum absolute atomic E-state index is 12.4. The van der Waals surface area contributed by atoms with Crippen LogP contribution in [0.5, 0.6) is 5.75 Å². The highest BCUT2D eigenvalue weighted by Crippen LogP contribution is 2.27. The van der Waals surface area contributed by atoms with Crippen LogP contribution in [0.3, 0.4) is 0 Å². The molecule has 1 amide bonds.